The van der Waals surface area contributed by atoms with E-state index in [9.17, 15) is 9.59 Å². The van der Waals surface area contributed by atoms with Gasteiger partial charge in [0.1, 0.15) is 0 Å². The molecule has 1 heterocycles. The van der Waals surface area contributed by atoms with Crippen LogP contribution in [0, 0.1) is 0 Å². The molecule has 1 rings (SSSR count). The molecular formula is C4H4NO2. The zero-order valence-corrected chi connectivity index (χ0v) is 3.68. The summed E-state index contributed by atoms with van der Waals surface area (Å²) in [5.74, 6) is -0.514. The summed E-state index contributed by atoms with van der Waals surface area (Å²) in [6, 6.07) is 0. The molecule has 0 aromatic carbocycles. The molecule has 3 nitrogen and oxygen atoms in total. The largest absolute Gasteiger partial charge is 0.332 e. The highest BCUT2D eigenvalue weighted by Crippen LogP contribution is 2.00. The van der Waals surface area contributed by atoms with Gasteiger partial charge in [0.05, 0.1) is 0 Å². The molecule has 0 bridgehead atoms. The standard InChI is InChI=1S/C4H4NO2/c6-3-4(7)5-1-2-5/h1-2H2. The molecule has 1 aliphatic rings. The Balaban J connectivity index is 2.37. The van der Waals surface area contributed by atoms with Gasteiger partial charge in [-0.15, -0.1) is 0 Å². The third kappa shape index (κ3) is 0.765. The highest BCUT2D eigenvalue weighted by atomic mass is 16.2. The molecule has 37 valence electrons. The van der Waals surface area contributed by atoms with Crippen molar-refractivity contribution in [3.8, 4) is 0 Å². The van der Waals surface area contributed by atoms with Gasteiger partial charge in [-0.25, -0.2) is 0 Å². The van der Waals surface area contributed by atoms with Gasteiger partial charge in [-0.3, -0.25) is 9.59 Å². The molecule has 0 spiro atoms. The molecule has 1 radical (unpaired) electrons. The maximum atomic E-state index is 10.1. The van der Waals surface area contributed by atoms with Crippen molar-refractivity contribution in [2.75, 3.05) is 13.1 Å². The van der Waals surface area contributed by atoms with E-state index in [4.69, 9.17) is 0 Å². The van der Waals surface area contributed by atoms with Gasteiger partial charge in [-0.2, -0.15) is 0 Å². The predicted molar refractivity (Wildman–Crippen MR) is 22.3 cm³/mol. The second-order valence-corrected chi connectivity index (χ2v) is 1.39. The third-order valence-electron chi connectivity index (χ3n) is 0.822. The van der Waals surface area contributed by atoms with Crippen LogP contribution >= 0.6 is 0 Å². The molecule has 0 atom stereocenters. The lowest BCUT2D eigenvalue weighted by Crippen LogP contribution is -2.09. The molecule has 0 N–H and O–H groups in total. The molecule has 0 aromatic rings. The van der Waals surface area contributed by atoms with Crippen molar-refractivity contribution >= 4 is 12.2 Å². The summed E-state index contributed by atoms with van der Waals surface area (Å²) in [5, 5.41) is 0. The first-order valence-electron chi connectivity index (χ1n) is 2.01. The minimum Gasteiger partial charge on any atom is -0.332 e. The topological polar surface area (TPSA) is 37.1 Å². The number of rotatable bonds is 1. The Morgan fingerprint density at radius 1 is 1.57 bits per heavy atom. The monoisotopic (exact) mass is 98.0 g/mol. The van der Waals surface area contributed by atoms with Crippen LogP contribution in [0.4, 0.5) is 0 Å². The van der Waals surface area contributed by atoms with E-state index in [1.807, 2.05) is 0 Å². The maximum absolute atomic E-state index is 10.1. The number of hydrogen-bond donors (Lipinski definition) is 0. The van der Waals surface area contributed by atoms with Crippen LogP contribution in [-0.2, 0) is 9.59 Å². The third-order valence-corrected chi connectivity index (χ3v) is 0.822. The highest BCUT2D eigenvalue weighted by Gasteiger charge is 2.23. The smallest absolute Gasteiger partial charge is 0.298 e. The Kier molecular flexibility index (Phi) is 0.817. The van der Waals surface area contributed by atoms with E-state index in [1.165, 1.54) is 11.2 Å². The molecule has 0 unspecified atom stereocenters. The second-order valence-electron chi connectivity index (χ2n) is 1.39. The van der Waals surface area contributed by atoms with Gasteiger partial charge < -0.3 is 4.90 Å². The minimum absolute atomic E-state index is 0.514. The molecule has 3 heteroatoms. The van der Waals surface area contributed by atoms with Gasteiger partial charge in [-0.1, -0.05) is 0 Å². The fourth-order valence-electron chi connectivity index (χ4n) is 0.318. The average molecular weight is 98.1 g/mol. The van der Waals surface area contributed by atoms with Gasteiger partial charge in [-0.05, 0) is 0 Å². The van der Waals surface area contributed by atoms with Crippen LogP contribution in [-0.4, -0.2) is 30.2 Å². The second kappa shape index (κ2) is 1.33. The first-order chi connectivity index (χ1) is 3.34. The molecule has 1 aliphatic heterocycles. The van der Waals surface area contributed by atoms with E-state index < -0.39 is 5.91 Å². The lowest BCUT2D eigenvalue weighted by Gasteiger charge is -1.83. The first kappa shape index (κ1) is 4.30. The molecule has 7 heavy (non-hydrogen) atoms. The minimum atomic E-state index is -0.514. The highest BCUT2D eigenvalue weighted by molar-refractivity contribution is 6.24. The zero-order chi connectivity index (χ0) is 5.28. The van der Waals surface area contributed by atoms with Crippen molar-refractivity contribution in [3.05, 3.63) is 0 Å². The maximum Gasteiger partial charge on any atom is 0.298 e. The van der Waals surface area contributed by atoms with E-state index in [1.54, 1.807) is 0 Å². The van der Waals surface area contributed by atoms with Crippen LogP contribution in [0.3, 0.4) is 0 Å². The summed E-state index contributed by atoms with van der Waals surface area (Å²) in [4.78, 5) is 21.0. The number of hydrogen-bond acceptors (Lipinski definition) is 2. The van der Waals surface area contributed by atoms with Crippen LogP contribution in [0.1, 0.15) is 0 Å². The summed E-state index contributed by atoms with van der Waals surface area (Å²) in [5.41, 5.74) is 0. The molecule has 0 saturated carbocycles. The summed E-state index contributed by atoms with van der Waals surface area (Å²) < 4.78 is 0. The molecule has 0 aromatic heterocycles. The Morgan fingerprint density at radius 2 is 2.14 bits per heavy atom. The van der Waals surface area contributed by atoms with Crippen LogP contribution < -0.4 is 0 Å². The van der Waals surface area contributed by atoms with Gasteiger partial charge in [0.2, 0.25) is 0 Å². The van der Waals surface area contributed by atoms with Gasteiger partial charge in [0.15, 0.2) is 0 Å². The van der Waals surface area contributed by atoms with Crippen LogP contribution in [0.25, 0.3) is 0 Å². The zero-order valence-electron chi connectivity index (χ0n) is 3.68. The van der Waals surface area contributed by atoms with Crippen molar-refractivity contribution in [3.63, 3.8) is 0 Å². The lowest BCUT2D eigenvalue weighted by atomic mass is 10.7. The van der Waals surface area contributed by atoms with E-state index in [2.05, 4.69) is 0 Å². The fraction of sp³-hybridized carbons (Fsp3) is 0.500. The molecule has 1 amide bonds. The van der Waals surface area contributed by atoms with E-state index in [-0.39, 0.29) is 0 Å². The number of amides is 1. The van der Waals surface area contributed by atoms with Crippen molar-refractivity contribution in [2.24, 2.45) is 0 Å². The van der Waals surface area contributed by atoms with Crippen LogP contribution in [0.2, 0.25) is 0 Å². The Labute approximate surface area is 40.9 Å². The van der Waals surface area contributed by atoms with Crippen molar-refractivity contribution in [2.45, 2.75) is 0 Å². The van der Waals surface area contributed by atoms with Gasteiger partial charge in [0, 0.05) is 13.1 Å². The van der Waals surface area contributed by atoms with E-state index >= 15 is 0 Å². The van der Waals surface area contributed by atoms with Crippen molar-refractivity contribution in [1.82, 2.24) is 4.90 Å². The summed E-state index contributed by atoms with van der Waals surface area (Å²) in [7, 11) is 0. The summed E-state index contributed by atoms with van der Waals surface area (Å²) >= 11 is 0. The summed E-state index contributed by atoms with van der Waals surface area (Å²) in [6.45, 7) is 1.46. The van der Waals surface area contributed by atoms with Crippen molar-refractivity contribution < 1.29 is 9.59 Å². The van der Waals surface area contributed by atoms with Crippen molar-refractivity contribution in [1.29, 1.82) is 0 Å². The fourth-order valence-corrected chi connectivity index (χ4v) is 0.318. The summed E-state index contributed by atoms with van der Waals surface area (Å²) in [6.07, 6.45) is 1.26. The molecule has 1 saturated heterocycles. The molecular weight excluding hydrogens is 94.0 g/mol. The molecule has 0 aliphatic carbocycles. The van der Waals surface area contributed by atoms with Gasteiger partial charge in [0.25, 0.3) is 12.2 Å². The number of carbonyl (C=O) groups is 1. The molecule has 1 fully saturated rings. The SMILES string of the molecule is O=[C]C(=O)N1CC1. The number of carbonyl (C=O) groups excluding carboxylic acids is 2. The Hall–Kier alpha value is -0.860. The van der Waals surface area contributed by atoms with Crippen LogP contribution in [0.15, 0.2) is 0 Å². The van der Waals surface area contributed by atoms with E-state index in [0.717, 1.165) is 13.1 Å². The Morgan fingerprint density at radius 3 is 2.29 bits per heavy atom. The average Bonchev–Trinajstić information content (AvgIpc) is 2.44. The predicted octanol–water partition coefficient (Wildman–Crippen LogP) is -1.06. The quantitative estimate of drug-likeness (QED) is 0.309. The van der Waals surface area contributed by atoms with E-state index in [0.29, 0.717) is 0 Å². The van der Waals surface area contributed by atoms with Crippen LogP contribution in [0.5, 0.6) is 0 Å². The van der Waals surface area contributed by atoms with Gasteiger partial charge >= 0.3 is 0 Å². The normalized spacial score (nSPS) is 16.3. The lowest BCUT2D eigenvalue weighted by molar-refractivity contribution is -0.119. The first-order valence-corrected chi connectivity index (χ1v) is 2.01. The number of nitrogens with zero attached hydrogens (tertiary/aromatic N) is 1. The Bertz CT molecular complexity index is 106.